The van der Waals surface area contributed by atoms with Crippen LogP contribution in [0.5, 0.6) is 5.75 Å². The maximum absolute atomic E-state index is 12.3. The molecule has 31 heavy (non-hydrogen) atoms. The number of nitrogens with one attached hydrogen (secondary N) is 2. The van der Waals surface area contributed by atoms with E-state index in [-0.39, 0.29) is 5.91 Å². The molecule has 1 fully saturated rings. The van der Waals surface area contributed by atoms with Gasteiger partial charge in [-0.1, -0.05) is 12.1 Å². The van der Waals surface area contributed by atoms with E-state index in [0.717, 1.165) is 53.2 Å². The first kappa shape index (κ1) is 20.7. The lowest BCUT2D eigenvalue weighted by molar-refractivity contribution is -0.115. The Labute approximate surface area is 182 Å². The summed E-state index contributed by atoms with van der Waals surface area (Å²) >= 11 is 0. The van der Waals surface area contributed by atoms with E-state index in [4.69, 9.17) is 4.74 Å². The quantitative estimate of drug-likeness (QED) is 0.596. The number of amides is 1. The summed E-state index contributed by atoms with van der Waals surface area (Å²) in [5.74, 6) is 3.20. The van der Waals surface area contributed by atoms with Gasteiger partial charge in [0.2, 0.25) is 5.91 Å². The summed E-state index contributed by atoms with van der Waals surface area (Å²) in [6, 6.07) is 17.1. The fourth-order valence-corrected chi connectivity index (χ4v) is 3.64. The summed E-state index contributed by atoms with van der Waals surface area (Å²) in [5, 5.41) is 6.27. The average molecular weight is 418 g/mol. The molecule has 1 aromatic heterocycles. The third-order valence-electron chi connectivity index (χ3n) is 5.22. The van der Waals surface area contributed by atoms with Crippen molar-refractivity contribution in [3.05, 3.63) is 66.0 Å². The van der Waals surface area contributed by atoms with Gasteiger partial charge in [-0.25, -0.2) is 9.97 Å². The predicted molar refractivity (Wildman–Crippen MR) is 123 cm³/mol. The lowest BCUT2D eigenvalue weighted by Crippen LogP contribution is -2.19. The molecular formula is C24H27N5O2. The standard InChI is InChI=1S/C24H27N5O2/c1-17-25-22(16-23(26-17)29-13-3-4-14-29)27-19-7-9-20(10-8-19)28-24(30)15-18-5-11-21(31-2)12-6-18/h5-12,16H,3-4,13-15H2,1-2H3,(H,28,30)(H,25,26,27). The first-order chi connectivity index (χ1) is 15.1. The van der Waals surface area contributed by atoms with Crippen LogP contribution in [0.15, 0.2) is 54.6 Å². The van der Waals surface area contributed by atoms with Crippen LogP contribution in [-0.2, 0) is 11.2 Å². The zero-order valence-corrected chi connectivity index (χ0v) is 17.9. The fourth-order valence-electron chi connectivity index (χ4n) is 3.64. The van der Waals surface area contributed by atoms with Crippen LogP contribution in [0.4, 0.5) is 23.0 Å². The van der Waals surface area contributed by atoms with Crippen LogP contribution in [0.3, 0.4) is 0 Å². The van der Waals surface area contributed by atoms with E-state index >= 15 is 0 Å². The number of methoxy groups -OCH3 is 1. The van der Waals surface area contributed by atoms with Crippen molar-refractivity contribution in [2.45, 2.75) is 26.2 Å². The van der Waals surface area contributed by atoms with Crippen molar-refractivity contribution in [1.29, 1.82) is 0 Å². The number of nitrogens with zero attached hydrogens (tertiary/aromatic N) is 3. The Morgan fingerprint density at radius 3 is 2.35 bits per heavy atom. The van der Waals surface area contributed by atoms with Crippen LogP contribution in [0.2, 0.25) is 0 Å². The second-order valence-corrected chi connectivity index (χ2v) is 7.63. The molecule has 0 unspecified atom stereocenters. The summed E-state index contributed by atoms with van der Waals surface area (Å²) in [6.07, 6.45) is 2.72. The van der Waals surface area contributed by atoms with E-state index in [9.17, 15) is 4.79 Å². The number of anilines is 4. The Balaban J connectivity index is 1.36. The summed E-state index contributed by atoms with van der Waals surface area (Å²) in [7, 11) is 1.62. The monoisotopic (exact) mass is 417 g/mol. The van der Waals surface area contributed by atoms with Gasteiger partial charge in [-0.2, -0.15) is 0 Å². The normalized spacial score (nSPS) is 13.2. The molecule has 0 atom stereocenters. The molecule has 1 amide bonds. The molecule has 160 valence electrons. The highest BCUT2D eigenvalue weighted by Gasteiger charge is 2.15. The van der Waals surface area contributed by atoms with Gasteiger partial charge in [0.25, 0.3) is 0 Å². The number of hydrogen-bond donors (Lipinski definition) is 2. The number of ether oxygens (including phenoxy) is 1. The molecule has 1 saturated heterocycles. The van der Waals surface area contributed by atoms with Crippen molar-refractivity contribution >= 4 is 28.9 Å². The lowest BCUT2D eigenvalue weighted by atomic mass is 10.1. The van der Waals surface area contributed by atoms with Gasteiger partial charge in [-0.3, -0.25) is 4.79 Å². The fraction of sp³-hybridized carbons (Fsp3) is 0.292. The Bertz CT molecular complexity index is 1030. The summed E-state index contributed by atoms with van der Waals surface area (Å²) in [5.41, 5.74) is 2.59. The van der Waals surface area contributed by atoms with Gasteiger partial charge in [0.15, 0.2) is 0 Å². The van der Waals surface area contributed by atoms with Gasteiger partial charge in [-0.15, -0.1) is 0 Å². The second kappa shape index (κ2) is 9.47. The van der Waals surface area contributed by atoms with Gasteiger partial charge in [0.1, 0.15) is 23.2 Å². The van der Waals surface area contributed by atoms with Crippen LogP contribution in [0.25, 0.3) is 0 Å². The van der Waals surface area contributed by atoms with Crippen molar-refractivity contribution in [1.82, 2.24) is 9.97 Å². The second-order valence-electron chi connectivity index (χ2n) is 7.63. The first-order valence-electron chi connectivity index (χ1n) is 10.5. The minimum Gasteiger partial charge on any atom is -0.497 e. The van der Waals surface area contributed by atoms with E-state index in [1.54, 1.807) is 7.11 Å². The Hall–Kier alpha value is -3.61. The highest BCUT2D eigenvalue weighted by Crippen LogP contribution is 2.23. The third kappa shape index (κ3) is 5.51. The van der Waals surface area contributed by atoms with Crippen molar-refractivity contribution in [3.8, 4) is 5.75 Å². The van der Waals surface area contributed by atoms with Gasteiger partial charge in [0.05, 0.1) is 13.5 Å². The molecule has 0 bridgehead atoms. The van der Waals surface area contributed by atoms with Crippen LogP contribution in [-0.4, -0.2) is 36.1 Å². The van der Waals surface area contributed by atoms with E-state index in [0.29, 0.717) is 6.42 Å². The lowest BCUT2D eigenvalue weighted by Gasteiger charge is -2.18. The SMILES string of the molecule is COc1ccc(CC(=O)Nc2ccc(Nc3cc(N4CCCC4)nc(C)n3)cc2)cc1. The Morgan fingerprint density at radius 1 is 1.00 bits per heavy atom. The van der Waals surface area contributed by atoms with Crippen molar-refractivity contribution in [2.24, 2.45) is 0 Å². The van der Waals surface area contributed by atoms with Crippen LogP contribution in [0, 0.1) is 6.92 Å². The molecule has 0 spiro atoms. The maximum Gasteiger partial charge on any atom is 0.228 e. The summed E-state index contributed by atoms with van der Waals surface area (Å²) < 4.78 is 5.15. The smallest absolute Gasteiger partial charge is 0.228 e. The predicted octanol–water partition coefficient (Wildman–Crippen LogP) is 4.32. The molecule has 1 aliphatic rings. The van der Waals surface area contributed by atoms with Gasteiger partial charge < -0.3 is 20.3 Å². The van der Waals surface area contributed by atoms with Crippen molar-refractivity contribution in [3.63, 3.8) is 0 Å². The molecule has 4 rings (SSSR count). The number of hydrogen-bond acceptors (Lipinski definition) is 6. The Kier molecular flexibility index (Phi) is 6.31. The van der Waals surface area contributed by atoms with Crippen molar-refractivity contribution in [2.75, 3.05) is 35.7 Å². The largest absolute Gasteiger partial charge is 0.497 e. The minimum absolute atomic E-state index is 0.0624. The van der Waals surface area contributed by atoms with Gasteiger partial charge >= 0.3 is 0 Å². The molecule has 2 aromatic carbocycles. The molecule has 7 nitrogen and oxygen atoms in total. The topological polar surface area (TPSA) is 79.4 Å². The zero-order chi connectivity index (χ0) is 21.6. The van der Waals surface area contributed by atoms with Crippen LogP contribution >= 0.6 is 0 Å². The third-order valence-corrected chi connectivity index (χ3v) is 5.22. The molecule has 2 heterocycles. The van der Waals surface area contributed by atoms with E-state index in [2.05, 4.69) is 25.5 Å². The number of rotatable bonds is 7. The highest BCUT2D eigenvalue weighted by atomic mass is 16.5. The van der Waals surface area contributed by atoms with Gasteiger partial charge in [-0.05, 0) is 61.7 Å². The number of carbonyl (C=O) groups is 1. The summed E-state index contributed by atoms with van der Waals surface area (Å²) in [6.45, 7) is 3.99. The maximum atomic E-state index is 12.3. The number of aromatic nitrogens is 2. The average Bonchev–Trinajstić information content (AvgIpc) is 3.30. The minimum atomic E-state index is -0.0624. The number of benzene rings is 2. The molecular weight excluding hydrogens is 390 g/mol. The molecule has 2 N–H and O–H groups in total. The first-order valence-corrected chi connectivity index (χ1v) is 10.5. The molecule has 3 aromatic rings. The van der Waals surface area contributed by atoms with E-state index in [1.165, 1.54) is 12.8 Å². The summed E-state index contributed by atoms with van der Waals surface area (Å²) in [4.78, 5) is 23.7. The number of aryl methyl sites for hydroxylation is 1. The zero-order valence-electron chi connectivity index (χ0n) is 17.9. The molecule has 0 aliphatic carbocycles. The molecule has 1 aliphatic heterocycles. The van der Waals surface area contributed by atoms with Gasteiger partial charge in [0, 0.05) is 30.5 Å². The molecule has 0 saturated carbocycles. The number of carbonyl (C=O) groups excluding carboxylic acids is 1. The van der Waals surface area contributed by atoms with Crippen LogP contribution < -0.4 is 20.3 Å². The van der Waals surface area contributed by atoms with Crippen molar-refractivity contribution < 1.29 is 9.53 Å². The van der Waals surface area contributed by atoms with E-state index < -0.39 is 0 Å². The highest BCUT2D eigenvalue weighted by molar-refractivity contribution is 5.92. The van der Waals surface area contributed by atoms with Crippen LogP contribution in [0.1, 0.15) is 24.2 Å². The molecule has 0 radical (unpaired) electrons. The Morgan fingerprint density at radius 2 is 1.68 bits per heavy atom. The molecule has 7 heteroatoms. The van der Waals surface area contributed by atoms with E-state index in [1.807, 2.05) is 61.5 Å².